The first kappa shape index (κ1) is 21.2. The van der Waals surface area contributed by atoms with Crippen molar-refractivity contribution < 1.29 is 24.3 Å². The van der Waals surface area contributed by atoms with E-state index < -0.39 is 0 Å². The Labute approximate surface area is 180 Å². The lowest BCUT2D eigenvalue weighted by Gasteiger charge is -2.49. The Morgan fingerprint density at radius 2 is 2.07 bits per heavy atom. The Kier molecular flexibility index (Phi) is 6.10. The molecule has 0 radical (unpaired) electrons. The molecule has 1 aromatic rings. The maximum Gasteiger partial charge on any atom is 0.315 e. The molecule has 3 aliphatic rings. The average Bonchev–Trinajstić information content (AvgIpc) is 3.03. The van der Waals surface area contributed by atoms with Crippen LogP contribution >= 0.6 is 0 Å². The van der Waals surface area contributed by atoms with Gasteiger partial charge < -0.3 is 19.5 Å². The summed E-state index contributed by atoms with van der Waals surface area (Å²) >= 11 is 0. The van der Waals surface area contributed by atoms with Gasteiger partial charge in [0, 0.05) is 12.3 Å². The van der Waals surface area contributed by atoms with Gasteiger partial charge in [-0.25, -0.2) is 0 Å². The topological polar surface area (TPSA) is 61.4 Å². The van der Waals surface area contributed by atoms with E-state index in [1.807, 2.05) is 12.1 Å². The number of esters is 1. The Hall–Kier alpha value is -2.01. The number of methoxy groups -OCH3 is 2. The van der Waals surface area contributed by atoms with E-state index in [-0.39, 0.29) is 23.4 Å². The third-order valence-corrected chi connectivity index (χ3v) is 7.83. The molecule has 1 aliphatic heterocycles. The molecule has 4 rings (SSSR count). The summed E-state index contributed by atoms with van der Waals surface area (Å²) in [5, 5.41) is 2.27. The Morgan fingerprint density at radius 1 is 1.27 bits per heavy atom. The first-order chi connectivity index (χ1) is 14.4. The second-order valence-electron chi connectivity index (χ2n) is 9.66. The normalized spacial score (nSPS) is 32.9. The lowest BCUT2D eigenvalue weighted by atomic mass is 9.55. The predicted octanol–water partition coefficient (Wildman–Crippen LogP) is 3.12. The zero-order valence-corrected chi connectivity index (χ0v) is 18.6. The molecule has 3 fully saturated rings. The SMILES string of the molecule is C=C1CCC[C@]2(C)C[C@H]3OC(=O)[C@@H](C[NH2+]CCc4ccc(OC)c(OC)c4)[C@H]3C[C@@H]12. The lowest BCUT2D eigenvalue weighted by molar-refractivity contribution is -0.658. The van der Waals surface area contributed by atoms with Gasteiger partial charge in [-0.15, -0.1) is 0 Å². The number of hydrogen-bond acceptors (Lipinski definition) is 4. The first-order valence-electron chi connectivity index (χ1n) is 11.4. The van der Waals surface area contributed by atoms with E-state index in [0.29, 0.717) is 11.8 Å². The number of nitrogens with two attached hydrogens (primary N) is 1. The summed E-state index contributed by atoms with van der Waals surface area (Å²) in [6.07, 6.45) is 6.72. The number of ether oxygens (including phenoxy) is 3. The molecule has 0 bridgehead atoms. The number of carbonyl (C=O) groups excluding carboxylic acids is 1. The van der Waals surface area contributed by atoms with Crippen LogP contribution in [0.4, 0.5) is 0 Å². The van der Waals surface area contributed by atoms with Gasteiger partial charge in [0.2, 0.25) is 0 Å². The second kappa shape index (κ2) is 8.62. The first-order valence-corrected chi connectivity index (χ1v) is 11.4. The lowest BCUT2D eigenvalue weighted by Crippen LogP contribution is -2.86. The van der Waals surface area contributed by atoms with Crippen LogP contribution in [-0.4, -0.2) is 39.4 Å². The van der Waals surface area contributed by atoms with E-state index in [4.69, 9.17) is 14.2 Å². The largest absolute Gasteiger partial charge is 0.493 e. The van der Waals surface area contributed by atoms with Crippen molar-refractivity contribution in [1.29, 1.82) is 0 Å². The van der Waals surface area contributed by atoms with E-state index in [0.717, 1.165) is 50.3 Å². The molecule has 1 saturated heterocycles. The molecule has 164 valence electrons. The van der Waals surface area contributed by atoms with Gasteiger partial charge in [-0.2, -0.15) is 0 Å². The molecule has 0 aromatic heterocycles. The van der Waals surface area contributed by atoms with Gasteiger partial charge in [0.25, 0.3) is 0 Å². The molecule has 2 aliphatic carbocycles. The van der Waals surface area contributed by atoms with Gasteiger partial charge in [0.15, 0.2) is 11.5 Å². The molecule has 2 N–H and O–H groups in total. The van der Waals surface area contributed by atoms with Crippen molar-refractivity contribution in [2.45, 2.75) is 51.6 Å². The standard InChI is InChI=1S/C25H35NO4/c1-16-6-5-10-25(2)14-23-18(13-20(16)25)19(24(27)30-23)15-26-11-9-17-7-8-21(28-3)22(12-17)29-4/h7-8,12,18-20,23,26H,1,5-6,9-11,13-15H2,2-4H3/p+1/t18-,19+,20+,23-,25-/m1/s1. The summed E-state index contributed by atoms with van der Waals surface area (Å²) in [5.74, 6) is 2.44. The highest BCUT2D eigenvalue weighted by Gasteiger charge is 2.55. The van der Waals surface area contributed by atoms with E-state index in [2.05, 4.69) is 24.9 Å². The van der Waals surface area contributed by atoms with Crippen LogP contribution < -0.4 is 14.8 Å². The molecule has 30 heavy (non-hydrogen) atoms. The van der Waals surface area contributed by atoms with Crippen LogP contribution in [-0.2, 0) is 16.0 Å². The maximum atomic E-state index is 12.7. The highest BCUT2D eigenvalue weighted by Crippen LogP contribution is 2.56. The summed E-state index contributed by atoms with van der Waals surface area (Å²) < 4.78 is 16.6. The van der Waals surface area contributed by atoms with Crippen LogP contribution in [0.3, 0.4) is 0 Å². The third kappa shape index (κ3) is 3.96. The number of hydrogen-bond donors (Lipinski definition) is 1. The second-order valence-corrected chi connectivity index (χ2v) is 9.66. The van der Waals surface area contributed by atoms with Crippen LogP contribution in [0.15, 0.2) is 30.4 Å². The number of fused-ring (bicyclic) bond motifs is 2. The molecule has 0 spiro atoms. The van der Waals surface area contributed by atoms with Crippen molar-refractivity contribution in [3.05, 3.63) is 35.9 Å². The summed E-state index contributed by atoms with van der Waals surface area (Å²) in [7, 11) is 3.31. The van der Waals surface area contributed by atoms with Crippen molar-refractivity contribution in [3.63, 3.8) is 0 Å². The molecule has 5 heteroatoms. The van der Waals surface area contributed by atoms with E-state index in [9.17, 15) is 4.79 Å². The van der Waals surface area contributed by atoms with Crippen LogP contribution in [0.25, 0.3) is 0 Å². The van der Waals surface area contributed by atoms with Crippen LogP contribution in [0.1, 0.15) is 44.6 Å². The zero-order chi connectivity index (χ0) is 21.3. The van der Waals surface area contributed by atoms with Crippen LogP contribution in [0.2, 0.25) is 0 Å². The van der Waals surface area contributed by atoms with Crippen molar-refractivity contribution in [2.24, 2.45) is 23.2 Å². The van der Waals surface area contributed by atoms with E-state index >= 15 is 0 Å². The number of benzene rings is 1. The van der Waals surface area contributed by atoms with Crippen LogP contribution in [0, 0.1) is 23.2 Å². The van der Waals surface area contributed by atoms with Crippen LogP contribution in [0.5, 0.6) is 11.5 Å². The molecule has 2 saturated carbocycles. The maximum absolute atomic E-state index is 12.7. The smallest absolute Gasteiger partial charge is 0.315 e. The summed E-state index contributed by atoms with van der Waals surface area (Å²) in [5.41, 5.74) is 2.88. The number of quaternary nitrogens is 1. The van der Waals surface area contributed by atoms with Crippen molar-refractivity contribution in [2.75, 3.05) is 27.3 Å². The number of carbonyl (C=O) groups is 1. The summed E-state index contributed by atoms with van der Waals surface area (Å²) in [6.45, 7) is 8.51. The van der Waals surface area contributed by atoms with Crippen molar-refractivity contribution in [3.8, 4) is 11.5 Å². The summed E-state index contributed by atoms with van der Waals surface area (Å²) in [4.78, 5) is 12.7. The molecule has 0 unspecified atom stereocenters. The van der Waals surface area contributed by atoms with Gasteiger partial charge >= 0.3 is 5.97 Å². The predicted molar refractivity (Wildman–Crippen MR) is 116 cm³/mol. The van der Waals surface area contributed by atoms with Gasteiger partial charge in [0.05, 0.1) is 27.3 Å². The van der Waals surface area contributed by atoms with Gasteiger partial charge in [-0.05, 0) is 61.1 Å². The molecule has 5 nitrogen and oxygen atoms in total. The summed E-state index contributed by atoms with van der Waals surface area (Å²) in [6, 6.07) is 6.05. The van der Waals surface area contributed by atoms with Gasteiger partial charge in [-0.1, -0.05) is 25.1 Å². The molecule has 1 heterocycles. The van der Waals surface area contributed by atoms with Crippen molar-refractivity contribution in [1.82, 2.24) is 0 Å². The number of rotatable bonds is 7. The van der Waals surface area contributed by atoms with Crippen molar-refractivity contribution >= 4 is 5.97 Å². The Balaban J connectivity index is 1.33. The fourth-order valence-electron chi connectivity index (χ4n) is 6.13. The third-order valence-electron chi connectivity index (χ3n) is 7.83. The minimum absolute atomic E-state index is 0.0136. The average molecular weight is 415 g/mol. The van der Waals surface area contributed by atoms with Gasteiger partial charge in [0.1, 0.15) is 12.0 Å². The molecule has 5 atom stereocenters. The molecular formula is C25H36NO4+. The fraction of sp³-hybridized carbons (Fsp3) is 0.640. The highest BCUT2D eigenvalue weighted by molar-refractivity contribution is 5.75. The molecule has 0 amide bonds. The Bertz CT molecular complexity index is 806. The highest BCUT2D eigenvalue weighted by atomic mass is 16.6. The Morgan fingerprint density at radius 3 is 2.83 bits per heavy atom. The molecular weight excluding hydrogens is 378 g/mol. The number of allylic oxidation sites excluding steroid dienone is 1. The minimum Gasteiger partial charge on any atom is -0.493 e. The van der Waals surface area contributed by atoms with E-state index in [1.165, 1.54) is 24.0 Å². The van der Waals surface area contributed by atoms with Gasteiger partial charge in [-0.3, -0.25) is 4.79 Å². The van der Waals surface area contributed by atoms with E-state index in [1.54, 1.807) is 14.2 Å². The molecule has 1 aromatic carbocycles. The zero-order valence-electron chi connectivity index (χ0n) is 18.6. The fourth-order valence-corrected chi connectivity index (χ4v) is 6.13. The monoisotopic (exact) mass is 414 g/mol. The minimum atomic E-state index is 0.0136. The quantitative estimate of drug-likeness (QED) is 0.423.